The third kappa shape index (κ3) is 4.54. The van der Waals surface area contributed by atoms with Crippen LogP contribution in [-0.2, 0) is 10.0 Å². The van der Waals surface area contributed by atoms with Crippen LogP contribution < -0.4 is 9.46 Å². The third-order valence-electron chi connectivity index (χ3n) is 3.87. The minimum Gasteiger partial charge on any atom is -0.492 e. The van der Waals surface area contributed by atoms with Crippen LogP contribution in [0.4, 0.5) is 5.69 Å². The summed E-state index contributed by atoms with van der Waals surface area (Å²) in [7, 11) is -3.85. The van der Waals surface area contributed by atoms with E-state index < -0.39 is 10.0 Å². The Morgan fingerprint density at radius 3 is 2.38 bits per heavy atom. The first-order chi connectivity index (χ1) is 12.4. The maximum absolute atomic E-state index is 12.8. The number of sulfonamides is 1. The molecule has 0 unspecified atom stereocenters. The normalized spacial score (nSPS) is 11.0. The van der Waals surface area contributed by atoms with Crippen LogP contribution in [0.25, 0.3) is 0 Å². The van der Waals surface area contributed by atoms with Gasteiger partial charge in [-0.2, -0.15) is 0 Å². The Morgan fingerprint density at radius 1 is 1.04 bits per heavy atom. The number of amides is 1. The Kier molecular flexibility index (Phi) is 6.63. The topological polar surface area (TPSA) is 75.7 Å². The van der Waals surface area contributed by atoms with Crippen molar-refractivity contribution < 1.29 is 17.9 Å². The molecule has 0 radical (unpaired) electrons. The van der Waals surface area contributed by atoms with Crippen molar-refractivity contribution in [2.45, 2.75) is 25.7 Å². The summed E-state index contributed by atoms with van der Waals surface area (Å²) < 4.78 is 33.5. The van der Waals surface area contributed by atoms with Crippen molar-refractivity contribution in [3.63, 3.8) is 0 Å². The molecule has 2 aromatic carbocycles. The lowest BCUT2D eigenvalue weighted by Gasteiger charge is -2.19. The van der Waals surface area contributed by atoms with E-state index >= 15 is 0 Å². The van der Waals surface area contributed by atoms with Crippen molar-refractivity contribution in [2.24, 2.45) is 0 Å². The lowest BCUT2D eigenvalue weighted by Crippen LogP contribution is -2.30. The van der Waals surface area contributed by atoms with E-state index in [1.807, 2.05) is 20.8 Å². The number of anilines is 1. The summed E-state index contributed by atoms with van der Waals surface area (Å²) in [6.45, 7) is 7.14. The number of benzene rings is 2. The Hall–Kier alpha value is -2.54. The van der Waals surface area contributed by atoms with Crippen LogP contribution in [0.5, 0.6) is 5.75 Å². The number of carbonyl (C=O) groups excluding carboxylic acids is 1. The van der Waals surface area contributed by atoms with Crippen LogP contribution in [-0.4, -0.2) is 38.9 Å². The van der Waals surface area contributed by atoms with Crippen molar-refractivity contribution >= 4 is 21.6 Å². The smallest absolute Gasteiger partial charge is 0.262 e. The van der Waals surface area contributed by atoms with Crippen LogP contribution in [0.2, 0.25) is 0 Å². The van der Waals surface area contributed by atoms with Crippen molar-refractivity contribution in [1.29, 1.82) is 0 Å². The second-order valence-electron chi connectivity index (χ2n) is 5.54. The third-order valence-corrected chi connectivity index (χ3v) is 5.24. The summed E-state index contributed by atoms with van der Waals surface area (Å²) >= 11 is 0. The number of nitrogens with zero attached hydrogens (tertiary/aromatic N) is 1. The molecule has 2 rings (SSSR count). The van der Waals surface area contributed by atoms with Gasteiger partial charge in [0.15, 0.2) is 0 Å². The fourth-order valence-electron chi connectivity index (χ4n) is 2.53. The molecule has 26 heavy (non-hydrogen) atoms. The second kappa shape index (κ2) is 8.71. The molecule has 0 saturated heterocycles. The van der Waals surface area contributed by atoms with Gasteiger partial charge in [-0.05, 0) is 51.1 Å². The molecule has 0 spiro atoms. The standard InChI is InChI=1S/C19H24N2O4S/c1-4-21(5-2)19(22)15-10-9-11-16(14-15)26(23,24)20-17-12-7-8-13-18(17)25-6-3/h7-14,20H,4-6H2,1-3H3. The molecule has 0 fully saturated rings. The fraction of sp³-hybridized carbons (Fsp3) is 0.316. The molecule has 1 N–H and O–H groups in total. The first-order valence-corrected chi connectivity index (χ1v) is 10.0. The molecule has 0 bridgehead atoms. The predicted octanol–water partition coefficient (Wildman–Crippen LogP) is 3.37. The summed E-state index contributed by atoms with van der Waals surface area (Å²) in [5.41, 5.74) is 0.699. The predicted molar refractivity (Wildman–Crippen MR) is 102 cm³/mol. The zero-order chi connectivity index (χ0) is 19.2. The van der Waals surface area contributed by atoms with Crippen molar-refractivity contribution in [1.82, 2.24) is 4.90 Å². The highest BCUT2D eigenvalue weighted by Gasteiger charge is 2.19. The zero-order valence-electron chi connectivity index (χ0n) is 15.2. The van der Waals surface area contributed by atoms with Gasteiger partial charge in [-0.1, -0.05) is 18.2 Å². The number of ether oxygens (including phenoxy) is 1. The van der Waals surface area contributed by atoms with Gasteiger partial charge in [0.1, 0.15) is 5.75 Å². The molecular formula is C19H24N2O4S. The van der Waals surface area contributed by atoms with Gasteiger partial charge in [0, 0.05) is 18.7 Å². The van der Waals surface area contributed by atoms with Crippen molar-refractivity contribution in [3.8, 4) is 5.75 Å². The number of nitrogens with one attached hydrogen (secondary N) is 1. The van der Waals surface area contributed by atoms with Crippen molar-refractivity contribution in [2.75, 3.05) is 24.4 Å². The molecular weight excluding hydrogens is 352 g/mol. The maximum atomic E-state index is 12.8. The molecule has 140 valence electrons. The molecule has 0 saturated carbocycles. The van der Waals surface area contributed by atoms with Gasteiger partial charge < -0.3 is 9.64 Å². The van der Waals surface area contributed by atoms with Crippen LogP contribution in [0.15, 0.2) is 53.4 Å². The van der Waals surface area contributed by atoms with Gasteiger partial charge >= 0.3 is 0 Å². The van der Waals surface area contributed by atoms with Gasteiger partial charge in [0.05, 0.1) is 17.2 Å². The Balaban J connectivity index is 2.33. The van der Waals surface area contributed by atoms with Gasteiger partial charge in [-0.3, -0.25) is 9.52 Å². The van der Waals surface area contributed by atoms with E-state index in [-0.39, 0.29) is 10.8 Å². The molecule has 2 aromatic rings. The summed E-state index contributed by atoms with van der Waals surface area (Å²) in [6, 6.07) is 12.9. The van der Waals surface area contributed by atoms with E-state index in [1.165, 1.54) is 12.1 Å². The largest absolute Gasteiger partial charge is 0.492 e. The summed E-state index contributed by atoms with van der Waals surface area (Å²) in [6.07, 6.45) is 0. The number of rotatable bonds is 8. The van der Waals surface area contributed by atoms with E-state index in [1.54, 1.807) is 41.3 Å². The average molecular weight is 376 g/mol. The van der Waals surface area contributed by atoms with E-state index in [0.717, 1.165) is 0 Å². The van der Waals surface area contributed by atoms with Crippen LogP contribution in [0.3, 0.4) is 0 Å². The number of hydrogen-bond donors (Lipinski definition) is 1. The number of para-hydroxylation sites is 2. The van der Waals surface area contributed by atoms with Crippen LogP contribution >= 0.6 is 0 Å². The van der Waals surface area contributed by atoms with Gasteiger partial charge in [0.25, 0.3) is 15.9 Å². The molecule has 0 heterocycles. The maximum Gasteiger partial charge on any atom is 0.262 e. The molecule has 0 aliphatic rings. The average Bonchev–Trinajstić information content (AvgIpc) is 2.64. The molecule has 0 aromatic heterocycles. The monoisotopic (exact) mass is 376 g/mol. The Morgan fingerprint density at radius 2 is 1.73 bits per heavy atom. The highest BCUT2D eigenvalue weighted by molar-refractivity contribution is 7.92. The quantitative estimate of drug-likeness (QED) is 0.766. The first kappa shape index (κ1) is 19.8. The molecule has 0 aliphatic carbocycles. The van der Waals surface area contributed by atoms with Crippen LogP contribution in [0, 0.1) is 0 Å². The van der Waals surface area contributed by atoms with E-state index in [9.17, 15) is 13.2 Å². The summed E-state index contributed by atoms with van der Waals surface area (Å²) in [4.78, 5) is 14.1. The zero-order valence-corrected chi connectivity index (χ0v) is 16.0. The molecule has 7 heteroatoms. The minimum absolute atomic E-state index is 0.0295. The highest BCUT2D eigenvalue weighted by Crippen LogP contribution is 2.27. The molecule has 0 atom stereocenters. The first-order valence-electron chi connectivity index (χ1n) is 8.56. The van der Waals surface area contributed by atoms with E-state index in [0.29, 0.717) is 36.7 Å². The van der Waals surface area contributed by atoms with Gasteiger partial charge in [-0.25, -0.2) is 8.42 Å². The highest BCUT2D eigenvalue weighted by atomic mass is 32.2. The SMILES string of the molecule is CCOc1ccccc1NS(=O)(=O)c1cccc(C(=O)N(CC)CC)c1. The van der Waals surface area contributed by atoms with Crippen LogP contribution in [0.1, 0.15) is 31.1 Å². The minimum atomic E-state index is -3.85. The fourth-order valence-corrected chi connectivity index (χ4v) is 3.64. The molecule has 1 amide bonds. The molecule has 0 aliphatic heterocycles. The Labute approximate surface area is 154 Å². The van der Waals surface area contributed by atoms with E-state index in [4.69, 9.17) is 4.74 Å². The summed E-state index contributed by atoms with van der Waals surface area (Å²) in [5, 5.41) is 0. The van der Waals surface area contributed by atoms with Gasteiger partial charge in [0.2, 0.25) is 0 Å². The second-order valence-corrected chi connectivity index (χ2v) is 7.22. The van der Waals surface area contributed by atoms with Crippen molar-refractivity contribution in [3.05, 3.63) is 54.1 Å². The van der Waals surface area contributed by atoms with Gasteiger partial charge in [-0.15, -0.1) is 0 Å². The Bertz CT molecular complexity index is 861. The lowest BCUT2D eigenvalue weighted by atomic mass is 10.2. The lowest BCUT2D eigenvalue weighted by molar-refractivity contribution is 0.0772. The van der Waals surface area contributed by atoms with E-state index in [2.05, 4.69) is 4.72 Å². The molecule has 6 nitrogen and oxygen atoms in total. The number of hydrogen-bond acceptors (Lipinski definition) is 4. The summed E-state index contributed by atoms with van der Waals surface area (Å²) in [5.74, 6) is 0.260. The number of carbonyl (C=O) groups is 1.